The fraction of sp³-hybridized carbons (Fsp3) is 0.394. The van der Waals surface area contributed by atoms with Crippen molar-refractivity contribution in [2.75, 3.05) is 43.0 Å². The summed E-state index contributed by atoms with van der Waals surface area (Å²) in [4.78, 5) is 54.8. The molecule has 3 aromatic rings. The molecule has 2 unspecified atom stereocenters. The van der Waals surface area contributed by atoms with Gasteiger partial charge in [-0.25, -0.2) is 13.6 Å². The molecule has 0 saturated carbocycles. The number of hydrogen-bond acceptors (Lipinski definition) is 6. The van der Waals surface area contributed by atoms with Crippen LogP contribution in [0, 0.1) is 17.6 Å². The maximum Gasteiger partial charge on any atom is 0.409 e. The SMILES string of the molecule is CCOC(=O)N1CCC(NC(=O)c2ccc(N3CC4CC(C3)c3cccc(=O)n3C4)c(NC(=O)c3c(F)cccc3F)c2)CC1. The zero-order valence-electron chi connectivity index (χ0n) is 24.9. The summed E-state index contributed by atoms with van der Waals surface area (Å²) < 4.78 is 36.0. The molecule has 10 nitrogen and oxygen atoms in total. The van der Waals surface area contributed by atoms with Gasteiger partial charge in [-0.3, -0.25) is 14.4 Å². The zero-order valence-corrected chi connectivity index (χ0v) is 24.9. The second-order valence-electron chi connectivity index (χ2n) is 11.8. The first kappa shape index (κ1) is 30.3. The van der Waals surface area contributed by atoms with E-state index in [1.165, 1.54) is 12.1 Å². The van der Waals surface area contributed by atoms with Gasteiger partial charge < -0.3 is 29.7 Å². The van der Waals surface area contributed by atoms with Gasteiger partial charge in [0.05, 0.1) is 18.0 Å². The summed E-state index contributed by atoms with van der Waals surface area (Å²) in [5, 5.41) is 5.68. The first-order chi connectivity index (χ1) is 21.7. The van der Waals surface area contributed by atoms with Crippen molar-refractivity contribution >= 4 is 29.3 Å². The predicted octanol–water partition coefficient (Wildman–Crippen LogP) is 4.35. The number of anilines is 2. The molecular weight excluding hydrogens is 584 g/mol. The highest BCUT2D eigenvalue weighted by atomic mass is 19.1. The molecule has 3 aliphatic heterocycles. The smallest absolute Gasteiger partial charge is 0.409 e. The minimum Gasteiger partial charge on any atom is -0.450 e. The molecule has 2 atom stereocenters. The third kappa shape index (κ3) is 6.27. The van der Waals surface area contributed by atoms with Crippen molar-refractivity contribution < 1.29 is 27.9 Å². The molecule has 2 saturated heterocycles. The number of hydrogen-bond donors (Lipinski definition) is 2. The molecule has 2 aromatic carbocycles. The number of pyridine rings is 1. The molecule has 45 heavy (non-hydrogen) atoms. The molecule has 2 fully saturated rings. The van der Waals surface area contributed by atoms with Crippen LogP contribution >= 0.6 is 0 Å². The Hall–Kier alpha value is -4.74. The van der Waals surface area contributed by atoms with Gasteiger partial charge >= 0.3 is 6.09 Å². The number of rotatable bonds is 6. The number of benzene rings is 2. The third-order valence-electron chi connectivity index (χ3n) is 8.87. The number of aromatic nitrogens is 1. The van der Waals surface area contributed by atoms with E-state index in [1.807, 2.05) is 10.6 Å². The number of halogens is 2. The zero-order chi connectivity index (χ0) is 31.7. The number of piperidine rings is 2. The van der Waals surface area contributed by atoms with E-state index in [-0.39, 0.29) is 46.7 Å². The second-order valence-corrected chi connectivity index (χ2v) is 11.8. The summed E-state index contributed by atoms with van der Waals surface area (Å²) in [7, 11) is 0. The van der Waals surface area contributed by atoms with Crippen LogP contribution < -0.4 is 21.1 Å². The molecule has 0 spiro atoms. The van der Waals surface area contributed by atoms with Crippen LogP contribution in [0.1, 0.15) is 58.5 Å². The van der Waals surface area contributed by atoms with Crippen LogP contribution in [0.3, 0.4) is 0 Å². The number of carbonyl (C=O) groups excluding carboxylic acids is 3. The van der Waals surface area contributed by atoms with Gasteiger partial charge in [0.1, 0.15) is 17.2 Å². The average Bonchev–Trinajstić information content (AvgIpc) is 3.02. The largest absolute Gasteiger partial charge is 0.450 e. The quantitative estimate of drug-likeness (QED) is 0.424. The molecule has 0 aliphatic carbocycles. The third-order valence-corrected chi connectivity index (χ3v) is 8.87. The Balaban J connectivity index is 1.25. The van der Waals surface area contributed by atoms with Gasteiger partial charge in [0.15, 0.2) is 0 Å². The summed E-state index contributed by atoms with van der Waals surface area (Å²) in [6.45, 7) is 4.66. The second kappa shape index (κ2) is 12.7. The Morgan fingerprint density at radius 1 is 0.933 bits per heavy atom. The molecule has 0 radical (unpaired) electrons. The molecular formula is C33H35F2N5O5. The van der Waals surface area contributed by atoms with E-state index in [9.17, 15) is 28.0 Å². The van der Waals surface area contributed by atoms with E-state index < -0.39 is 23.1 Å². The van der Waals surface area contributed by atoms with Gasteiger partial charge in [-0.1, -0.05) is 12.1 Å². The number of nitrogens with zero attached hydrogens (tertiary/aromatic N) is 3. The van der Waals surface area contributed by atoms with Crippen molar-refractivity contribution in [3.05, 3.63) is 93.4 Å². The topological polar surface area (TPSA) is 113 Å². The van der Waals surface area contributed by atoms with Gasteiger partial charge in [-0.05, 0) is 68.5 Å². The Labute approximate surface area is 259 Å². The maximum atomic E-state index is 14.5. The van der Waals surface area contributed by atoms with Crippen LogP contribution in [-0.2, 0) is 11.3 Å². The number of nitrogens with one attached hydrogen (secondary N) is 2. The minimum atomic E-state index is -0.994. The Morgan fingerprint density at radius 2 is 1.67 bits per heavy atom. The molecule has 4 heterocycles. The first-order valence-corrected chi connectivity index (χ1v) is 15.3. The number of likely N-dealkylation sites (tertiary alicyclic amines) is 1. The standard InChI is InChI=1S/C33H35F2N5O5/c1-2-45-33(44)38-13-11-23(12-14-38)36-31(42)21-9-10-28(26(16-21)37-32(43)30-24(34)5-3-6-25(30)35)39-17-20-15-22(19-39)27-7-4-8-29(41)40(27)18-20/h3-10,16,20,22-23H,2,11-15,17-19H2,1H3,(H,36,42)(H,37,43). The Bertz CT molecular complexity index is 1670. The summed E-state index contributed by atoms with van der Waals surface area (Å²) >= 11 is 0. The highest BCUT2D eigenvalue weighted by molar-refractivity contribution is 6.07. The Kier molecular flexibility index (Phi) is 8.55. The fourth-order valence-electron chi connectivity index (χ4n) is 6.74. The van der Waals surface area contributed by atoms with Crippen LogP contribution in [0.25, 0.3) is 0 Å². The van der Waals surface area contributed by atoms with Crippen LogP contribution in [0.4, 0.5) is 25.0 Å². The molecule has 1 aromatic heterocycles. The summed E-state index contributed by atoms with van der Waals surface area (Å²) in [6, 6.07) is 13.3. The maximum absolute atomic E-state index is 14.5. The normalized spacial score (nSPS) is 19.4. The lowest BCUT2D eigenvalue weighted by Gasteiger charge is -2.44. The fourth-order valence-corrected chi connectivity index (χ4v) is 6.74. The average molecular weight is 620 g/mol. The highest BCUT2D eigenvalue weighted by Crippen LogP contribution is 2.39. The van der Waals surface area contributed by atoms with Crippen LogP contribution in [-0.4, -0.2) is 66.2 Å². The van der Waals surface area contributed by atoms with E-state index in [2.05, 4.69) is 15.5 Å². The number of carbonyl (C=O) groups is 3. The number of amides is 3. The molecule has 2 N–H and O–H groups in total. The van der Waals surface area contributed by atoms with E-state index in [0.29, 0.717) is 57.9 Å². The van der Waals surface area contributed by atoms with Crippen LogP contribution in [0.15, 0.2) is 59.4 Å². The van der Waals surface area contributed by atoms with E-state index in [1.54, 1.807) is 36.1 Å². The van der Waals surface area contributed by atoms with Gasteiger partial charge in [0.25, 0.3) is 17.4 Å². The molecule has 3 amide bonds. The van der Waals surface area contributed by atoms with Gasteiger partial charge in [-0.2, -0.15) is 0 Å². The number of fused-ring (bicyclic) bond motifs is 4. The molecule has 2 bridgehead atoms. The van der Waals surface area contributed by atoms with E-state index in [0.717, 1.165) is 24.2 Å². The minimum absolute atomic E-state index is 0.0301. The predicted molar refractivity (Wildman–Crippen MR) is 164 cm³/mol. The van der Waals surface area contributed by atoms with Gasteiger partial charge in [-0.15, -0.1) is 0 Å². The van der Waals surface area contributed by atoms with Crippen LogP contribution in [0.2, 0.25) is 0 Å². The summed E-state index contributed by atoms with van der Waals surface area (Å²) in [5.41, 5.74) is 1.34. The van der Waals surface area contributed by atoms with Crippen molar-refractivity contribution in [3.63, 3.8) is 0 Å². The van der Waals surface area contributed by atoms with Crippen molar-refractivity contribution in [2.24, 2.45) is 5.92 Å². The van der Waals surface area contributed by atoms with Gasteiger partial charge in [0, 0.05) is 62.0 Å². The first-order valence-electron chi connectivity index (χ1n) is 15.3. The van der Waals surface area contributed by atoms with Crippen molar-refractivity contribution in [2.45, 2.75) is 44.7 Å². The molecule has 12 heteroatoms. The lowest BCUT2D eigenvalue weighted by molar-refractivity contribution is 0.0859. The lowest BCUT2D eigenvalue weighted by atomic mass is 9.83. The molecule has 236 valence electrons. The lowest BCUT2D eigenvalue weighted by Crippen LogP contribution is -2.47. The monoisotopic (exact) mass is 619 g/mol. The van der Waals surface area contributed by atoms with Crippen molar-refractivity contribution in [1.82, 2.24) is 14.8 Å². The van der Waals surface area contributed by atoms with Gasteiger partial charge in [0.2, 0.25) is 0 Å². The summed E-state index contributed by atoms with van der Waals surface area (Å²) in [5.74, 6) is -3.08. The number of ether oxygens (including phenoxy) is 1. The summed E-state index contributed by atoms with van der Waals surface area (Å²) in [6.07, 6.45) is 1.65. The Morgan fingerprint density at radius 3 is 2.40 bits per heavy atom. The van der Waals surface area contributed by atoms with Crippen LogP contribution in [0.5, 0.6) is 0 Å². The highest BCUT2D eigenvalue weighted by Gasteiger charge is 2.36. The van der Waals surface area contributed by atoms with Crippen molar-refractivity contribution in [3.8, 4) is 0 Å². The van der Waals surface area contributed by atoms with Crippen molar-refractivity contribution in [1.29, 1.82) is 0 Å². The molecule has 3 aliphatic rings. The van der Waals surface area contributed by atoms with E-state index >= 15 is 0 Å². The van der Waals surface area contributed by atoms with E-state index in [4.69, 9.17) is 4.74 Å². The molecule has 6 rings (SSSR count).